The summed E-state index contributed by atoms with van der Waals surface area (Å²) in [6.45, 7) is 2.23. The minimum Gasteiger partial charge on any atom is -0.350 e. The van der Waals surface area contributed by atoms with E-state index in [1.807, 2.05) is 0 Å². The van der Waals surface area contributed by atoms with Crippen LogP contribution in [-0.4, -0.2) is 11.7 Å². The van der Waals surface area contributed by atoms with Crippen molar-refractivity contribution in [3.05, 3.63) is 0 Å². The zero-order chi connectivity index (χ0) is 11.1. The first-order valence-corrected chi connectivity index (χ1v) is 5.83. The monoisotopic (exact) mass is 211 g/mol. The summed E-state index contributed by atoms with van der Waals surface area (Å²) < 4.78 is 0. The molecule has 86 valence electrons. The van der Waals surface area contributed by atoms with E-state index in [4.69, 9.17) is 5.73 Å². The third kappa shape index (κ3) is 4.81. The smallest absolute Gasteiger partial charge is 0.332 e. The van der Waals surface area contributed by atoms with Crippen LogP contribution >= 0.6 is 0 Å². The molecule has 1 fully saturated rings. The summed E-state index contributed by atoms with van der Waals surface area (Å²) in [4.78, 5) is 10.5. The van der Waals surface area contributed by atoms with E-state index in [0.717, 1.165) is 24.5 Å². The number of nitrogens with one attached hydrogen (secondary N) is 1. The van der Waals surface area contributed by atoms with Gasteiger partial charge in [0.15, 0.2) is 0 Å². The molecule has 0 saturated heterocycles. The normalized spacial score (nSPS) is 24.9. The van der Waals surface area contributed by atoms with Crippen LogP contribution in [0.2, 0.25) is 0 Å². The molecule has 0 spiro atoms. The molecule has 1 unspecified atom stereocenters. The Labute approximate surface area is 91.3 Å². The molecule has 0 heterocycles. The van der Waals surface area contributed by atoms with Crippen molar-refractivity contribution in [1.29, 1.82) is 0 Å². The summed E-state index contributed by atoms with van der Waals surface area (Å²) in [5.74, 6) is 0.844. The Morgan fingerprint density at radius 1 is 1.53 bits per heavy atom. The van der Waals surface area contributed by atoms with E-state index in [1.165, 1.54) is 32.1 Å². The number of hydrogen-bond acceptors (Lipinski definition) is 2. The molecule has 4 nitrogen and oxygen atoms in total. The second-order valence-electron chi connectivity index (χ2n) is 4.24. The number of amides is 2. The van der Waals surface area contributed by atoms with Crippen LogP contribution in [0.1, 0.15) is 51.9 Å². The number of hydrogen-bond donors (Lipinski definition) is 2. The predicted molar refractivity (Wildman–Crippen MR) is 61.6 cm³/mol. The lowest BCUT2D eigenvalue weighted by molar-refractivity contribution is 0.249. The molecule has 1 saturated carbocycles. The van der Waals surface area contributed by atoms with E-state index < -0.39 is 6.03 Å². The fourth-order valence-electron chi connectivity index (χ4n) is 2.18. The minimum atomic E-state index is -0.572. The van der Waals surface area contributed by atoms with E-state index >= 15 is 0 Å². The SMILES string of the molecule is CCCC1CCCC(=NNC(N)=O)CC1. The maximum atomic E-state index is 10.5. The molecule has 0 bridgehead atoms. The first-order chi connectivity index (χ1) is 7.22. The van der Waals surface area contributed by atoms with Gasteiger partial charge in [-0.2, -0.15) is 5.10 Å². The van der Waals surface area contributed by atoms with Gasteiger partial charge in [0.05, 0.1) is 0 Å². The zero-order valence-electron chi connectivity index (χ0n) is 9.46. The molecule has 0 aliphatic heterocycles. The van der Waals surface area contributed by atoms with Crippen LogP contribution < -0.4 is 11.2 Å². The molecule has 1 aliphatic carbocycles. The van der Waals surface area contributed by atoms with Gasteiger partial charge < -0.3 is 5.73 Å². The number of urea groups is 1. The third-order valence-electron chi connectivity index (χ3n) is 2.94. The average Bonchev–Trinajstić information content (AvgIpc) is 2.41. The quantitative estimate of drug-likeness (QED) is 0.546. The molecule has 1 atom stereocenters. The summed E-state index contributed by atoms with van der Waals surface area (Å²) >= 11 is 0. The Balaban J connectivity index is 2.38. The highest BCUT2D eigenvalue weighted by atomic mass is 16.2. The topological polar surface area (TPSA) is 67.5 Å². The molecule has 0 aromatic carbocycles. The highest BCUT2D eigenvalue weighted by molar-refractivity contribution is 5.86. The summed E-state index contributed by atoms with van der Waals surface area (Å²) in [7, 11) is 0. The van der Waals surface area contributed by atoms with Crippen LogP contribution in [0.4, 0.5) is 4.79 Å². The lowest BCUT2D eigenvalue weighted by Crippen LogP contribution is -2.25. The fraction of sp³-hybridized carbons (Fsp3) is 0.818. The van der Waals surface area contributed by atoms with Gasteiger partial charge in [-0.1, -0.05) is 26.2 Å². The van der Waals surface area contributed by atoms with Gasteiger partial charge in [-0.05, 0) is 31.6 Å². The van der Waals surface area contributed by atoms with E-state index in [-0.39, 0.29) is 0 Å². The Hall–Kier alpha value is -1.06. The van der Waals surface area contributed by atoms with Crippen molar-refractivity contribution < 1.29 is 4.79 Å². The highest BCUT2D eigenvalue weighted by Crippen LogP contribution is 2.25. The number of nitrogens with two attached hydrogens (primary N) is 1. The van der Waals surface area contributed by atoms with Crippen LogP contribution in [0.15, 0.2) is 5.10 Å². The number of nitrogens with zero attached hydrogens (tertiary/aromatic N) is 1. The van der Waals surface area contributed by atoms with Crippen LogP contribution in [0.25, 0.3) is 0 Å². The van der Waals surface area contributed by atoms with Gasteiger partial charge in [-0.25, -0.2) is 10.2 Å². The molecule has 3 N–H and O–H groups in total. The molecule has 0 aromatic heterocycles. The minimum absolute atomic E-state index is 0.572. The maximum absolute atomic E-state index is 10.5. The lowest BCUT2D eigenvalue weighted by atomic mass is 9.95. The van der Waals surface area contributed by atoms with E-state index in [9.17, 15) is 4.79 Å². The molecular weight excluding hydrogens is 190 g/mol. The van der Waals surface area contributed by atoms with Crippen molar-refractivity contribution in [2.45, 2.75) is 51.9 Å². The van der Waals surface area contributed by atoms with Crippen molar-refractivity contribution in [1.82, 2.24) is 5.43 Å². The second kappa shape index (κ2) is 6.43. The summed E-state index contributed by atoms with van der Waals surface area (Å²) in [5.41, 5.74) is 8.37. The lowest BCUT2D eigenvalue weighted by Gasteiger charge is -2.10. The van der Waals surface area contributed by atoms with Crippen molar-refractivity contribution >= 4 is 11.7 Å². The molecule has 4 heteroatoms. The number of carbonyl (C=O) groups excluding carboxylic acids is 1. The largest absolute Gasteiger partial charge is 0.350 e. The summed E-state index contributed by atoms with van der Waals surface area (Å²) in [6, 6.07) is -0.572. The van der Waals surface area contributed by atoms with Crippen LogP contribution in [0, 0.1) is 5.92 Å². The van der Waals surface area contributed by atoms with E-state index in [2.05, 4.69) is 17.5 Å². The number of primary amides is 1. The van der Waals surface area contributed by atoms with Crippen molar-refractivity contribution in [3.8, 4) is 0 Å². The number of hydrazone groups is 1. The maximum Gasteiger partial charge on any atom is 0.332 e. The molecule has 1 rings (SSSR count). The fourth-order valence-corrected chi connectivity index (χ4v) is 2.18. The van der Waals surface area contributed by atoms with Crippen LogP contribution in [-0.2, 0) is 0 Å². The molecule has 15 heavy (non-hydrogen) atoms. The van der Waals surface area contributed by atoms with Gasteiger partial charge in [0.25, 0.3) is 0 Å². The standard InChI is InChI=1S/C11H21N3O/c1-2-4-9-5-3-6-10(8-7-9)13-14-11(12)15/h9H,2-8H2,1H3,(H3,12,14,15). The van der Waals surface area contributed by atoms with Gasteiger partial charge in [0.1, 0.15) is 0 Å². The molecule has 2 amide bonds. The average molecular weight is 211 g/mol. The van der Waals surface area contributed by atoms with Crippen LogP contribution in [0.3, 0.4) is 0 Å². The molecule has 1 aliphatic rings. The molecule has 0 radical (unpaired) electrons. The number of carbonyl (C=O) groups is 1. The van der Waals surface area contributed by atoms with Gasteiger partial charge in [0.2, 0.25) is 0 Å². The van der Waals surface area contributed by atoms with Gasteiger partial charge in [-0.3, -0.25) is 0 Å². The molecule has 0 aromatic rings. The van der Waals surface area contributed by atoms with Crippen molar-refractivity contribution in [3.63, 3.8) is 0 Å². The Bertz CT molecular complexity index is 238. The summed E-state index contributed by atoms with van der Waals surface area (Å²) in [5, 5.41) is 4.03. The van der Waals surface area contributed by atoms with Gasteiger partial charge in [0, 0.05) is 5.71 Å². The summed E-state index contributed by atoms with van der Waals surface area (Å²) in [6.07, 6.45) is 8.26. The predicted octanol–water partition coefficient (Wildman–Crippen LogP) is 2.39. The zero-order valence-corrected chi connectivity index (χ0v) is 9.46. The van der Waals surface area contributed by atoms with Crippen LogP contribution in [0.5, 0.6) is 0 Å². The molecular formula is C11H21N3O. The van der Waals surface area contributed by atoms with Crippen molar-refractivity contribution in [2.75, 3.05) is 0 Å². The first-order valence-electron chi connectivity index (χ1n) is 5.83. The first kappa shape index (κ1) is 12.0. The van der Waals surface area contributed by atoms with Crippen molar-refractivity contribution in [2.24, 2.45) is 16.8 Å². The second-order valence-corrected chi connectivity index (χ2v) is 4.24. The number of rotatable bonds is 3. The van der Waals surface area contributed by atoms with E-state index in [0.29, 0.717) is 0 Å². The van der Waals surface area contributed by atoms with Gasteiger partial charge in [-0.15, -0.1) is 0 Å². The van der Waals surface area contributed by atoms with Gasteiger partial charge >= 0.3 is 6.03 Å². The third-order valence-corrected chi connectivity index (χ3v) is 2.94. The Morgan fingerprint density at radius 3 is 3.00 bits per heavy atom. The Morgan fingerprint density at radius 2 is 2.33 bits per heavy atom. The van der Waals surface area contributed by atoms with E-state index in [1.54, 1.807) is 0 Å². The Kier molecular flexibility index (Phi) is 5.15. The highest BCUT2D eigenvalue weighted by Gasteiger charge is 2.14.